The summed E-state index contributed by atoms with van der Waals surface area (Å²) in [6.45, 7) is 15.9. The average Bonchev–Trinajstić information content (AvgIpc) is 3.50. The van der Waals surface area contributed by atoms with Crippen LogP contribution in [0.25, 0.3) is 0 Å². The number of thiocyanates is 1. The zero-order valence-corrected chi connectivity index (χ0v) is 33.7. The zero-order chi connectivity index (χ0) is 39.2. The molecule has 3 atom stereocenters. The first-order valence-electron chi connectivity index (χ1n) is 19.0. The van der Waals surface area contributed by atoms with Gasteiger partial charge in [-0.3, -0.25) is 15.4 Å². The maximum Gasteiger partial charge on any atom is 0.411 e. The summed E-state index contributed by atoms with van der Waals surface area (Å²) in [5.41, 5.74) is 4.58. The highest BCUT2D eigenvalue weighted by Crippen LogP contribution is 2.66. The van der Waals surface area contributed by atoms with Crippen molar-refractivity contribution >= 4 is 29.5 Å². The Kier molecular flexibility index (Phi) is 15.4. The van der Waals surface area contributed by atoms with Crippen LogP contribution in [0.2, 0.25) is 0 Å². The van der Waals surface area contributed by atoms with Gasteiger partial charge in [-0.15, -0.1) is 0 Å². The summed E-state index contributed by atoms with van der Waals surface area (Å²) in [6, 6.07) is 41.4. The number of amides is 1. The molecule has 4 aromatic carbocycles. The quantitative estimate of drug-likeness (QED) is 0.0895. The molecule has 54 heavy (non-hydrogen) atoms. The van der Waals surface area contributed by atoms with Gasteiger partial charge in [0.2, 0.25) is 0 Å². The number of thioether (sulfide) groups is 1. The fourth-order valence-electron chi connectivity index (χ4n) is 7.70. The lowest BCUT2D eigenvalue weighted by Gasteiger charge is -2.38. The molecule has 3 unspecified atom stereocenters. The van der Waals surface area contributed by atoms with E-state index in [1.165, 1.54) is 23.1 Å². The van der Waals surface area contributed by atoms with E-state index < -0.39 is 6.09 Å². The number of hydrogen-bond donors (Lipinski definition) is 2. The first-order valence-corrected chi connectivity index (χ1v) is 20.0. The number of nitrogens with zero attached hydrogens (tertiary/aromatic N) is 1. The third-order valence-corrected chi connectivity index (χ3v) is 11.5. The van der Waals surface area contributed by atoms with Gasteiger partial charge < -0.3 is 9.47 Å². The van der Waals surface area contributed by atoms with Crippen LogP contribution in [0, 0.1) is 33.3 Å². The number of nitrogens with one attached hydrogen (secondary N) is 2. The van der Waals surface area contributed by atoms with E-state index in [2.05, 4.69) is 136 Å². The van der Waals surface area contributed by atoms with Crippen LogP contribution in [-0.4, -0.2) is 36.6 Å². The first-order chi connectivity index (χ1) is 25.8. The Labute approximate surface area is 327 Å². The molecule has 0 aromatic heterocycles. The van der Waals surface area contributed by atoms with E-state index >= 15 is 0 Å². The lowest BCUT2D eigenvalue weighted by molar-refractivity contribution is -0.153. The van der Waals surface area contributed by atoms with E-state index in [1.54, 1.807) is 0 Å². The number of ether oxygens (including phenoxy) is 2. The molecule has 7 nitrogen and oxygen atoms in total. The Morgan fingerprint density at radius 3 is 1.69 bits per heavy atom. The van der Waals surface area contributed by atoms with Crippen molar-refractivity contribution in [2.45, 2.75) is 85.5 Å². The van der Waals surface area contributed by atoms with Crippen LogP contribution in [0.3, 0.4) is 0 Å². The van der Waals surface area contributed by atoms with Gasteiger partial charge in [-0.1, -0.05) is 144 Å². The zero-order valence-electron chi connectivity index (χ0n) is 32.9. The highest BCUT2D eigenvalue weighted by atomic mass is 32.2. The third-order valence-electron chi connectivity index (χ3n) is 11.0. The Balaban J connectivity index is 0.000000190. The average molecular weight is 748 g/mol. The van der Waals surface area contributed by atoms with Gasteiger partial charge in [0, 0.05) is 11.1 Å². The summed E-state index contributed by atoms with van der Waals surface area (Å²) in [4.78, 5) is 22.7. The molecular weight excluding hydrogens is 691 g/mol. The molecule has 2 N–H and O–H groups in total. The van der Waals surface area contributed by atoms with Crippen LogP contribution >= 0.6 is 11.8 Å². The van der Waals surface area contributed by atoms with E-state index in [1.807, 2.05) is 49.6 Å². The Morgan fingerprint density at radius 1 is 0.815 bits per heavy atom. The molecule has 2 aliphatic rings. The van der Waals surface area contributed by atoms with Crippen molar-refractivity contribution in [2.24, 2.45) is 22.7 Å². The molecule has 8 heteroatoms. The van der Waals surface area contributed by atoms with Crippen molar-refractivity contribution in [1.82, 2.24) is 5.32 Å². The number of benzene rings is 4. The summed E-state index contributed by atoms with van der Waals surface area (Å²) in [6.07, 6.45) is 2.93. The number of esters is 1. The van der Waals surface area contributed by atoms with Crippen LogP contribution in [0.1, 0.15) is 84.4 Å². The van der Waals surface area contributed by atoms with Gasteiger partial charge in [0.15, 0.2) is 0 Å². The lowest BCUT2D eigenvalue weighted by Crippen LogP contribution is -2.46. The predicted octanol–water partition coefficient (Wildman–Crippen LogP) is 10.8. The van der Waals surface area contributed by atoms with Crippen LogP contribution in [0.5, 0.6) is 0 Å². The molecule has 6 rings (SSSR count). The highest BCUT2D eigenvalue weighted by molar-refractivity contribution is 8.04. The minimum atomic E-state index is -0.416. The van der Waals surface area contributed by atoms with Gasteiger partial charge in [0.25, 0.3) is 0 Å². The van der Waals surface area contributed by atoms with Crippen molar-refractivity contribution < 1.29 is 19.1 Å². The number of nitriles is 1. The third kappa shape index (κ3) is 10.5. The van der Waals surface area contributed by atoms with Gasteiger partial charge in [-0.05, 0) is 97.5 Å². The van der Waals surface area contributed by atoms with E-state index in [4.69, 9.17) is 14.7 Å². The van der Waals surface area contributed by atoms with Gasteiger partial charge in [-0.2, -0.15) is 5.26 Å². The van der Waals surface area contributed by atoms with Gasteiger partial charge in [0.05, 0.1) is 11.6 Å². The van der Waals surface area contributed by atoms with Crippen molar-refractivity contribution in [2.75, 3.05) is 17.6 Å². The van der Waals surface area contributed by atoms with Crippen molar-refractivity contribution in [1.29, 1.82) is 5.26 Å². The smallest absolute Gasteiger partial charge is 0.411 e. The Morgan fingerprint density at radius 2 is 1.30 bits per heavy atom. The second kappa shape index (κ2) is 19.7. The van der Waals surface area contributed by atoms with Crippen molar-refractivity contribution in [3.8, 4) is 5.40 Å². The van der Waals surface area contributed by atoms with Gasteiger partial charge >= 0.3 is 12.1 Å². The molecule has 286 valence electrons. The number of rotatable bonds is 11. The first kappa shape index (κ1) is 42.2. The highest BCUT2D eigenvalue weighted by Gasteiger charge is 2.62. The van der Waals surface area contributed by atoms with Gasteiger partial charge in [0.1, 0.15) is 17.3 Å². The molecule has 4 aromatic rings. The standard InChI is InChI=1S/C23H25N.C13H19NO2S.C10H13NO2/c1-19(2)18-24-23(20-12-6-3-7-13-20,21-14-8-4-9-15-21)22-16-10-5-11-17-22;1-12(2)9-4-5-13(12,3)10(6-9)16-11(15)7-17-8-14;1-8(2)13-10(12)11-9-6-4-3-5-7-9/h3-17,19,24H,18H2,1-2H3;9-10H,4-7H2,1-3H3;3-8H,1-2H3,(H,11,12). The molecule has 2 saturated carbocycles. The molecule has 0 spiro atoms. The number of carbonyl (C=O) groups is 2. The Bertz CT molecular complexity index is 1680. The number of anilines is 1. The largest absolute Gasteiger partial charge is 0.461 e. The summed E-state index contributed by atoms with van der Waals surface area (Å²) < 4.78 is 10.5. The van der Waals surface area contributed by atoms with E-state index in [0.717, 1.165) is 36.8 Å². The molecule has 2 fully saturated rings. The van der Waals surface area contributed by atoms with Crippen LogP contribution < -0.4 is 10.6 Å². The predicted molar refractivity (Wildman–Crippen MR) is 221 cm³/mol. The normalized spacial score (nSPS) is 19.4. The lowest BCUT2D eigenvalue weighted by atomic mass is 9.70. The molecular formula is C46H57N3O4S. The van der Waals surface area contributed by atoms with Gasteiger partial charge in [-0.25, -0.2) is 4.79 Å². The Hall–Kier alpha value is -4.58. The summed E-state index contributed by atoms with van der Waals surface area (Å²) in [7, 11) is 0. The fourth-order valence-corrected chi connectivity index (χ4v) is 7.95. The van der Waals surface area contributed by atoms with Crippen molar-refractivity contribution in [3.05, 3.63) is 138 Å². The minimum Gasteiger partial charge on any atom is -0.461 e. The molecule has 0 aliphatic heterocycles. The summed E-state index contributed by atoms with van der Waals surface area (Å²) >= 11 is 0.949. The summed E-state index contributed by atoms with van der Waals surface area (Å²) in [5.74, 6) is 1.15. The fraction of sp³-hybridized carbons (Fsp3) is 0.413. The van der Waals surface area contributed by atoms with Crippen LogP contribution in [0.4, 0.5) is 10.5 Å². The van der Waals surface area contributed by atoms with Crippen LogP contribution in [0.15, 0.2) is 121 Å². The monoisotopic (exact) mass is 747 g/mol. The topological polar surface area (TPSA) is 100 Å². The number of carbonyl (C=O) groups excluding carboxylic acids is 2. The van der Waals surface area contributed by atoms with Crippen LogP contribution in [-0.2, 0) is 19.8 Å². The van der Waals surface area contributed by atoms with E-state index in [0.29, 0.717) is 11.8 Å². The molecule has 2 aliphatic carbocycles. The summed E-state index contributed by atoms with van der Waals surface area (Å²) in [5, 5.41) is 16.8. The van der Waals surface area contributed by atoms with Crippen molar-refractivity contribution in [3.63, 3.8) is 0 Å². The SMILES string of the molecule is CC(C)CNC(c1ccccc1)(c1ccccc1)c1ccccc1.CC(C)OC(=O)Nc1ccccc1.CC1(C)C2CCC1(C)C(OC(=O)CSC#N)C2. The van der Waals surface area contributed by atoms with E-state index in [9.17, 15) is 9.59 Å². The van der Waals surface area contributed by atoms with E-state index in [-0.39, 0.29) is 40.3 Å². The second-order valence-corrected chi connectivity index (χ2v) is 16.3. The number of para-hydroxylation sites is 1. The minimum absolute atomic E-state index is 0.0445. The second-order valence-electron chi connectivity index (χ2n) is 15.5. The maximum absolute atomic E-state index is 11.6. The molecule has 0 saturated heterocycles. The maximum atomic E-state index is 11.6. The molecule has 2 bridgehead atoms. The number of fused-ring (bicyclic) bond motifs is 2. The molecule has 0 radical (unpaired) electrons. The number of hydrogen-bond acceptors (Lipinski definition) is 7. The molecule has 1 amide bonds. The molecule has 0 heterocycles.